The maximum Gasteiger partial charge on any atom is 0.239 e. The molecule has 0 aliphatic carbocycles. The normalized spacial score (nSPS) is 10.5. The van der Waals surface area contributed by atoms with Crippen LogP contribution in [0.2, 0.25) is 0 Å². The average molecular weight is 314 g/mol. The van der Waals surface area contributed by atoms with E-state index in [0.29, 0.717) is 15.4 Å². The molecule has 0 aromatic carbocycles. The van der Waals surface area contributed by atoms with Crippen LogP contribution in [0.5, 0.6) is 0 Å². The first-order chi connectivity index (χ1) is 9.04. The summed E-state index contributed by atoms with van der Waals surface area (Å²) >= 11 is 8.29. The number of aryl methyl sites for hydroxylation is 1. The van der Waals surface area contributed by atoms with Crippen molar-refractivity contribution < 1.29 is 9.59 Å². The lowest BCUT2D eigenvalue weighted by Gasteiger charge is -2.04. The van der Waals surface area contributed by atoms with E-state index in [0.717, 1.165) is 10.4 Å². The number of ketones is 1. The monoisotopic (exact) mass is 313 g/mol. The number of halogens is 1. The number of alkyl halides is 1. The molecular weight excluding hydrogens is 302 g/mol. The summed E-state index contributed by atoms with van der Waals surface area (Å²) in [5, 5.41) is 5.14. The third-order valence-corrected chi connectivity index (χ3v) is 4.97. The van der Waals surface area contributed by atoms with E-state index in [1.54, 1.807) is 6.07 Å². The zero-order valence-electron chi connectivity index (χ0n) is 10.5. The molecule has 0 aliphatic rings. The number of hydrogen-bond acceptors (Lipinski definition) is 4. The van der Waals surface area contributed by atoms with Crippen LogP contribution in [0.1, 0.15) is 25.7 Å². The number of thiophene rings is 2. The second-order valence-corrected chi connectivity index (χ2v) is 6.42. The Morgan fingerprint density at radius 2 is 2.11 bits per heavy atom. The second kappa shape index (κ2) is 5.86. The predicted octanol–water partition coefficient (Wildman–Crippen LogP) is 3.83. The van der Waals surface area contributed by atoms with Crippen molar-refractivity contribution in [3.63, 3.8) is 0 Å². The van der Waals surface area contributed by atoms with Gasteiger partial charge in [-0.05, 0) is 30.9 Å². The second-order valence-electron chi connectivity index (χ2n) is 3.98. The Morgan fingerprint density at radius 3 is 2.68 bits per heavy atom. The van der Waals surface area contributed by atoms with E-state index in [-0.39, 0.29) is 17.6 Å². The summed E-state index contributed by atoms with van der Waals surface area (Å²) in [5.41, 5.74) is 1.48. The quantitative estimate of drug-likeness (QED) is 0.688. The van der Waals surface area contributed by atoms with Crippen molar-refractivity contribution in [2.45, 2.75) is 13.8 Å². The van der Waals surface area contributed by atoms with Gasteiger partial charge in [-0.25, -0.2) is 0 Å². The average Bonchev–Trinajstić information content (AvgIpc) is 2.99. The van der Waals surface area contributed by atoms with Gasteiger partial charge in [0.1, 0.15) is 10.9 Å². The van der Waals surface area contributed by atoms with Crippen LogP contribution in [0, 0.1) is 13.8 Å². The van der Waals surface area contributed by atoms with Crippen molar-refractivity contribution in [3.8, 4) is 0 Å². The molecule has 0 fully saturated rings. The summed E-state index contributed by atoms with van der Waals surface area (Å²) in [6.07, 6.45) is 0. The van der Waals surface area contributed by atoms with E-state index >= 15 is 0 Å². The van der Waals surface area contributed by atoms with Crippen molar-refractivity contribution in [2.75, 3.05) is 11.2 Å². The lowest BCUT2D eigenvalue weighted by Crippen LogP contribution is -2.14. The number of carbonyl (C=O) groups is 2. The zero-order valence-corrected chi connectivity index (χ0v) is 12.8. The van der Waals surface area contributed by atoms with Gasteiger partial charge in [0.25, 0.3) is 0 Å². The van der Waals surface area contributed by atoms with Crippen molar-refractivity contribution in [2.24, 2.45) is 0 Å². The lowest BCUT2D eigenvalue weighted by molar-refractivity contribution is -0.113. The van der Waals surface area contributed by atoms with Crippen LogP contribution in [0.25, 0.3) is 0 Å². The van der Waals surface area contributed by atoms with E-state index in [1.165, 1.54) is 22.7 Å². The maximum atomic E-state index is 12.5. The largest absolute Gasteiger partial charge is 0.316 e. The molecule has 19 heavy (non-hydrogen) atoms. The Bertz CT molecular complexity index is 617. The summed E-state index contributed by atoms with van der Waals surface area (Å²) in [6.45, 7) is 3.82. The predicted molar refractivity (Wildman–Crippen MR) is 80.9 cm³/mol. The first kappa shape index (κ1) is 14.2. The van der Waals surface area contributed by atoms with Gasteiger partial charge < -0.3 is 5.32 Å². The molecule has 2 aromatic rings. The molecule has 2 aromatic heterocycles. The summed E-state index contributed by atoms with van der Waals surface area (Å²) in [6, 6.07) is 3.62. The van der Waals surface area contributed by atoms with Gasteiger partial charge in [-0.2, -0.15) is 0 Å². The first-order valence-corrected chi connectivity index (χ1v) is 7.81. The van der Waals surface area contributed by atoms with Crippen LogP contribution in [-0.4, -0.2) is 17.6 Å². The molecule has 0 unspecified atom stereocenters. The molecular formula is C13H12ClNO2S2. The molecule has 1 N–H and O–H groups in total. The topological polar surface area (TPSA) is 46.2 Å². The first-order valence-electron chi connectivity index (χ1n) is 5.58. The molecule has 2 rings (SSSR count). The van der Waals surface area contributed by atoms with Gasteiger partial charge in [0.05, 0.1) is 10.4 Å². The highest BCUT2D eigenvalue weighted by molar-refractivity contribution is 7.17. The Kier molecular flexibility index (Phi) is 4.39. The Balaban J connectivity index is 2.43. The van der Waals surface area contributed by atoms with Gasteiger partial charge in [-0.1, -0.05) is 6.07 Å². The van der Waals surface area contributed by atoms with Gasteiger partial charge in [-0.3, -0.25) is 9.59 Å². The zero-order chi connectivity index (χ0) is 14.0. The fourth-order valence-electron chi connectivity index (χ4n) is 1.68. The number of carbonyl (C=O) groups excluding carboxylic acids is 2. The molecule has 1 amide bonds. The van der Waals surface area contributed by atoms with Crippen LogP contribution in [0.3, 0.4) is 0 Å². The minimum Gasteiger partial charge on any atom is -0.316 e. The summed E-state index contributed by atoms with van der Waals surface area (Å²) in [7, 11) is 0. The molecule has 0 saturated carbocycles. The molecule has 6 heteroatoms. The molecule has 2 heterocycles. The van der Waals surface area contributed by atoms with E-state index in [4.69, 9.17) is 11.6 Å². The molecule has 0 aliphatic heterocycles. The highest BCUT2D eigenvalue weighted by Crippen LogP contribution is 2.34. The minimum absolute atomic E-state index is 0.0540. The molecule has 100 valence electrons. The third-order valence-electron chi connectivity index (χ3n) is 2.73. The Labute approximate surface area is 124 Å². The van der Waals surface area contributed by atoms with Gasteiger partial charge >= 0.3 is 0 Å². The molecule has 3 nitrogen and oxygen atoms in total. The minimum atomic E-state index is -0.303. The molecule has 0 radical (unpaired) electrons. The summed E-state index contributed by atoms with van der Waals surface area (Å²) in [4.78, 5) is 25.6. The van der Waals surface area contributed by atoms with Gasteiger partial charge in [0, 0.05) is 4.88 Å². The smallest absolute Gasteiger partial charge is 0.239 e. The SMILES string of the molecule is Cc1sc(NC(=O)CCl)c(C(=O)c2cccs2)c1C. The van der Waals surface area contributed by atoms with Gasteiger partial charge in [0.2, 0.25) is 11.7 Å². The van der Waals surface area contributed by atoms with E-state index in [2.05, 4.69) is 5.32 Å². The van der Waals surface area contributed by atoms with Crippen molar-refractivity contribution in [1.29, 1.82) is 0 Å². The van der Waals surface area contributed by atoms with Crippen LogP contribution in [0.4, 0.5) is 5.00 Å². The van der Waals surface area contributed by atoms with Crippen LogP contribution in [0.15, 0.2) is 17.5 Å². The molecule has 0 saturated heterocycles. The number of anilines is 1. The van der Waals surface area contributed by atoms with E-state index < -0.39 is 0 Å². The number of rotatable bonds is 4. The highest BCUT2D eigenvalue weighted by atomic mass is 35.5. The van der Waals surface area contributed by atoms with E-state index in [9.17, 15) is 9.59 Å². The van der Waals surface area contributed by atoms with Crippen LogP contribution in [-0.2, 0) is 4.79 Å². The van der Waals surface area contributed by atoms with Gasteiger partial charge in [-0.15, -0.1) is 34.3 Å². The number of nitrogens with one attached hydrogen (secondary N) is 1. The molecule has 0 spiro atoms. The Morgan fingerprint density at radius 1 is 1.37 bits per heavy atom. The molecule has 0 bridgehead atoms. The standard InChI is InChI=1S/C13H12ClNO2S2/c1-7-8(2)19-13(15-10(16)6-14)11(7)12(17)9-4-3-5-18-9/h3-5H,6H2,1-2H3,(H,15,16). The van der Waals surface area contributed by atoms with E-state index in [1.807, 2.05) is 25.3 Å². The fraction of sp³-hybridized carbons (Fsp3) is 0.231. The third kappa shape index (κ3) is 2.88. The fourth-order valence-corrected chi connectivity index (χ4v) is 3.49. The number of hydrogen-bond donors (Lipinski definition) is 1. The summed E-state index contributed by atoms with van der Waals surface area (Å²) in [5.74, 6) is -0.479. The van der Waals surface area contributed by atoms with Crippen molar-refractivity contribution in [3.05, 3.63) is 38.4 Å². The number of amides is 1. The van der Waals surface area contributed by atoms with Crippen molar-refractivity contribution in [1.82, 2.24) is 0 Å². The summed E-state index contributed by atoms with van der Waals surface area (Å²) < 4.78 is 0. The van der Waals surface area contributed by atoms with Gasteiger partial charge in [0.15, 0.2) is 0 Å². The highest BCUT2D eigenvalue weighted by Gasteiger charge is 2.22. The molecule has 0 atom stereocenters. The van der Waals surface area contributed by atoms with Crippen molar-refractivity contribution >= 4 is 51.0 Å². The maximum absolute atomic E-state index is 12.5. The lowest BCUT2D eigenvalue weighted by atomic mass is 10.1. The van der Waals surface area contributed by atoms with Crippen LogP contribution >= 0.6 is 34.3 Å². The van der Waals surface area contributed by atoms with Crippen LogP contribution < -0.4 is 5.32 Å². The Hall–Kier alpha value is -1.17.